The van der Waals surface area contributed by atoms with Crippen molar-refractivity contribution in [3.05, 3.63) is 108 Å². The molecule has 0 aliphatic carbocycles. The molecule has 13 heteroatoms. The molecular formula is C40H46N4O8S. The molecule has 0 saturated carbocycles. The van der Waals surface area contributed by atoms with Crippen LogP contribution in [-0.4, -0.2) is 71.5 Å². The molecular weight excluding hydrogens is 697 g/mol. The Labute approximate surface area is 310 Å². The van der Waals surface area contributed by atoms with Gasteiger partial charge >= 0.3 is 12.0 Å². The summed E-state index contributed by atoms with van der Waals surface area (Å²) >= 11 is 0. The maximum atomic E-state index is 14.4. The van der Waals surface area contributed by atoms with Gasteiger partial charge in [0.1, 0.15) is 11.8 Å². The van der Waals surface area contributed by atoms with Crippen LogP contribution in [0.3, 0.4) is 0 Å². The number of benzene rings is 3. The van der Waals surface area contributed by atoms with Gasteiger partial charge < -0.3 is 19.5 Å². The van der Waals surface area contributed by atoms with Gasteiger partial charge in [-0.3, -0.25) is 24.8 Å². The summed E-state index contributed by atoms with van der Waals surface area (Å²) in [6.07, 6.45) is 3.87. The van der Waals surface area contributed by atoms with E-state index in [2.05, 4.69) is 15.6 Å². The van der Waals surface area contributed by atoms with Gasteiger partial charge in [-0.15, -0.1) is 0 Å². The number of pyridine rings is 1. The number of ether oxygens (including phenoxy) is 3. The van der Waals surface area contributed by atoms with Gasteiger partial charge in [-0.25, -0.2) is 13.2 Å². The zero-order valence-electron chi connectivity index (χ0n) is 30.5. The van der Waals surface area contributed by atoms with Gasteiger partial charge in [0.2, 0.25) is 5.91 Å². The molecule has 3 unspecified atom stereocenters. The van der Waals surface area contributed by atoms with Gasteiger partial charge in [-0.05, 0) is 68.7 Å². The Balaban J connectivity index is 1.25. The first-order valence-corrected chi connectivity index (χ1v) is 19.7. The number of hydrogen-bond acceptors (Lipinski definition) is 9. The molecule has 2 aliphatic rings. The average molecular weight is 743 g/mol. The first kappa shape index (κ1) is 37.7. The third kappa shape index (κ3) is 8.47. The van der Waals surface area contributed by atoms with E-state index in [1.165, 1.54) is 13.8 Å². The SMILES string of the molecule is CC(C)CC(NC(=O)OC1(NC(=O)[C@H](N2C(=O)C2Oc2cccc3cnccc23)C(C)(C)S(C)(=O)=O)O[C@@H]1CCCc1ccccc1)c1ccccc1. The Morgan fingerprint density at radius 3 is 2.38 bits per heavy atom. The number of rotatable bonds is 16. The molecule has 0 radical (unpaired) electrons. The van der Waals surface area contributed by atoms with Crippen LogP contribution >= 0.6 is 0 Å². The minimum Gasteiger partial charge on any atom is -0.460 e. The van der Waals surface area contributed by atoms with Crippen molar-refractivity contribution in [2.24, 2.45) is 5.92 Å². The molecule has 1 aromatic heterocycles. The van der Waals surface area contributed by atoms with E-state index in [1.54, 1.807) is 30.6 Å². The maximum Gasteiger partial charge on any atom is 0.411 e. The third-order valence-corrected chi connectivity index (χ3v) is 12.0. The van der Waals surface area contributed by atoms with Crippen LogP contribution in [0.5, 0.6) is 5.75 Å². The van der Waals surface area contributed by atoms with Crippen molar-refractivity contribution in [3.8, 4) is 5.75 Å². The van der Waals surface area contributed by atoms with E-state index in [0.29, 0.717) is 30.4 Å². The molecule has 12 nitrogen and oxygen atoms in total. The monoisotopic (exact) mass is 742 g/mol. The smallest absolute Gasteiger partial charge is 0.411 e. The van der Waals surface area contributed by atoms with E-state index in [1.807, 2.05) is 80.6 Å². The van der Waals surface area contributed by atoms with Crippen LogP contribution in [0.4, 0.5) is 4.79 Å². The Morgan fingerprint density at radius 2 is 1.70 bits per heavy atom. The number of epoxide rings is 1. The van der Waals surface area contributed by atoms with Gasteiger partial charge in [0.25, 0.3) is 12.1 Å². The molecule has 3 heterocycles. The highest BCUT2D eigenvalue weighted by Gasteiger charge is 2.66. The predicted molar refractivity (Wildman–Crippen MR) is 199 cm³/mol. The van der Waals surface area contributed by atoms with Gasteiger partial charge in [0, 0.05) is 29.4 Å². The van der Waals surface area contributed by atoms with Gasteiger partial charge in [-0.2, -0.15) is 0 Å². The number of fused-ring (bicyclic) bond motifs is 1. The first-order chi connectivity index (χ1) is 25.2. The fourth-order valence-electron chi connectivity index (χ4n) is 6.61. The first-order valence-electron chi connectivity index (χ1n) is 17.8. The van der Waals surface area contributed by atoms with Gasteiger partial charge in [-0.1, -0.05) is 86.6 Å². The lowest BCUT2D eigenvalue weighted by molar-refractivity contribution is -0.135. The largest absolute Gasteiger partial charge is 0.460 e. The van der Waals surface area contributed by atoms with Crippen LogP contribution in [0.25, 0.3) is 10.8 Å². The molecule has 53 heavy (non-hydrogen) atoms. The normalized spacial score (nSPS) is 20.8. The van der Waals surface area contributed by atoms with Crippen LogP contribution in [-0.2, 0) is 35.3 Å². The van der Waals surface area contributed by atoms with Crippen LogP contribution in [0.2, 0.25) is 0 Å². The predicted octanol–water partition coefficient (Wildman–Crippen LogP) is 5.68. The lowest BCUT2D eigenvalue weighted by Crippen LogP contribution is -2.60. The van der Waals surface area contributed by atoms with E-state index in [4.69, 9.17) is 14.2 Å². The number of sulfone groups is 1. The van der Waals surface area contributed by atoms with Crippen molar-refractivity contribution in [3.63, 3.8) is 0 Å². The molecule has 0 bridgehead atoms. The minimum atomic E-state index is -3.96. The molecule has 3 amide bonds. The molecule has 6 rings (SSSR count). The number of aromatic nitrogens is 1. The van der Waals surface area contributed by atoms with E-state index in [0.717, 1.165) is 34.1 Å². The van der Waals surface area contributed by atoms with Gasteiger partial charge in [0.15, 0.2) is 15.9 Å². The second-order valence-electron chi connectivity index (χ2n) is 14.6. The quantitative estimate of drug-likeness (QED) is 0.109. The average Bonchev–Trinajstić information content (AvgIpc) is 3.97. The zero-order valence-corrected chi connectivity index (χ0v) is 31.3. The number of nitrogens with one attached hydrogen (secondary N) is 2. The lowest BCUT2D eigenvalue weighted by Gasteiger charge is -2.33. The summed E-state index contributed by atoms with van der Waals surface area (Å²) in [6, 6.07) is 24.4. The van der Waals surface area contributed by atoms with Gasteiger partial charge in [0.05, 0.1) is 10.8 Å². The summed E-state index contributed by atoms with van der Waals surface area (Å²) in [5.41, 5.74) is 2.00. The number of carbonyl (C=O) groups is 3. The lowest BCUT2D eigenvalue weighted by atomic mass is 9.97. The van der Waals surface area contributed by atoms with E-state index < -0.39 is 56.8 Å². The standard InChI is InChI=1S/C40H46N4O8S/c1-26(2)24-31(28-17-10-7-11-18-28)42-38(47)52-40(33(51-40)21-12-16-27-14-8-6-9-15-27)43-35(45)34(39(3,4)53(5,48)49)44-36(46)37(44)50-32-20-13-19-29-25-41-23-22-30(29)32/h6-11,13-15,17-20,22-23,25-26,31,33-34,37H,12,16,21,24H2,1-5H3,(H,42,47)(H,43,45)/t31?,33-,34+,37?,40?,44?/m1/s1. The van der Waals surface area contributed by atoms with Crippen molar-refractivity contribution < 1.29 is 37.0 Å². The van der Waals surface area contributed by atoms with Crippen LogP contribution in [0.15, 0.2) is 97.3 Å². The number of carbonyl (C=O) groups excluding carboxylic acids is 3. The number of aryl methyl sites for hydroxylation is 1. The third-order valence-electron chi connectivity index (χ3n) is 9.87. The van der Waals surface area contributed by atoms with E-state index >= 15 is 0 Å². The molecule has 2 aliphatic heterocycles. The minimum absolute atomic E-state index is 0.238. The fourth-order valence-corrected chi connectivity index (χ4v) is 7.24. The highest BCUT2D eigenvalue weighted by molar-refractivity contribution is 7.92. The highest BCUT2D eigenvalue weighted by Crippen LogP contribution is 2.42. The van der Waals surface area contributed by atoms with E-state index in [-0.39, 0.29) is 12.0 Å². The number of amides is 3. The van der Waals surface area contributed by atoms with Crippen LogP contribution in [0.1, 0.15) is 64.1 Å². The topological polar surface area (TPSA) is 156 Å². The fraction of sp³-hybridized carbons (Fsp3) is 0.400. The van der Waals surface area contributed by atoms with Crippen molar-refractivity contribution >= 4 is 38.5 Å². The number of alkyl carbamates (subject to hydrolysis) is 1. The van der Waals surface area contributed by atoms with Crippen LogP contribution in [0, 0.1) is 5.92 Å². The number of hydrogen-bond donors (Lipinski definition) is 2. The van der Waals surface area contributed by atoms with Crippen molar-refractivity contribution in [2.45, 2.75) is 88.5 Å². The van der Waals surface area contributed by atoms with Crippen molar-refractivity contribution in [1.82, 2.24) is 20.5 Å². The molecule has 0 spiro atoms. The van der Waals surface area contributed by atoms with Crippen molar-refractivity contribution in [1.29, 1.82) is 0 Å². The van der Waals surface area contributed by atoms with E-state index in [9.17, 15) is 22.8 Å². The molecule has 2 N–H and O–H groups in total. The molecule has 2 saturated heterocycles. The highest BCUT2D eigenvalue weighted by atomic mass is 32.2. The second-order valence-corrected chi connectivity index (χ2v) is 17.2. The summed E-state index contributed by atoms with van der Waals surface area (Å²) < 4.78 is 42.7. The molecule has 280 valence electrons. The molecule has 4 aromatic rings. The summed E-state index contributed by atoms with van der Waals surface area (Å²) in [7, 11) is -3.96. The summed E-state index contributed by atoms with van der Waals surface area (Å²) in [5.74, 6) is -2.74. The van der Waals surface area contributed by atoms with Crippen LogP contribution < -0.4 is 15.4 Å². The maximum absolute atomic E-state index is 14.4. The second kappa shape index (κ2) is 15.2. The van der Waals surface area contributed by atoms with Crippen molar-refractivity contribution in [2.75, 3.05) is 6.26 Å². The number of nitrogens with zero attached hydrogens (tertiary/aromatic N) is 2. The molecule has 5 atom stereocenters. The molecule has 2 fully saturated rings. The Morgan fingerprint density at radius 1 is 1.00 bits per heavy atom. The Hall–Kier alpha value is -5.01. The summed E-state index contributed by atoms with van der Waals surface area (Å²) in [5, 5.41) is 7.12. The zero-order chi connectivity index (χ0) is 38.0. The Kier molecular flexibility index (Phi) is 10.8. The Bertz CT molecular complexity index is 2060. The molecule has 3 aromatic carbocycles. The summed E-state index contributed by atoms with van der Waals surface area (Å²) in [4.78, 5) is 46.7. The summed E-state index contributed by atoms with van der Waals surface area (Å²) in [6.45, 7) is 6.84.